The number of ether oxygens (including phenoxy) is 1. The van der Waals surface area contributed by atoms with Crippen LogP contribution in [0.3, 0.4) is 0 Å². The van der Waals surface area contributed by atoms with Crippen LogP contribution >= 0.6 is 11.6 Å². The van der Waals surface area contributed by atoms with Gasteiger partial charge in [-0.25, -0.2) is 4.98 Å². The molecule has 7 heteroatoms. The summed E-state index contributed by atoms with van der Waals surface area (Å²) in [4.78, 5) is 17.6. The van der Waals surface area contributed by atoms with Crippen molar-refractivity contribution in [1.82, 2.24) is 19.3 Å². The van der Waals surface area contributed by atoms with Crippen LogP contribution in [0.4, 0.5) is 0 Å². The largest absolute Gasteiger partial charge is 0.475 e. The molecule has 3 heterocycles. The van der Waals surface area contributed by atoms with Crippen molar-refractivity contribution in [3.05, 3.63) is 51.9 Å². The molecule has 4 rings (SSSR count). The molecule has 1 saturated heterocycles. The van der Waals surface area contributed by atoms with Crippen LogP contribution in [0.15, 0.2) is 41.3 Å². The monoisotopic (exact) mass is 414 g/mol. The molecule has 0 radical (unpaired) electrons. The minimum absolute atomic E-state index is 0.122. The molecule has 154 valence electrons. The maximum atomic E-state index is 12.8. The molecule has 3 aromatic rings. The summed E-state index contributed by atoms with van der Waals surface area (Å²) in [5, 5.41) is 4.02. The Kier molecular flexibility index (Phi) is 6.21. The summed E-state index contributed by atoms with van der Waals surface area (Å²) in [5.74, 6) is 1.25. The molecule has 6 nitrogen and oxygen atoms in total. The number of fused-ring (bicyclic) bond motifs is 1. The Morgan fingerprint density at radius 3 is 2.69 bits per heavy atom. The number of piperidine rings is 1. The highest BCUT2D eigenvalue weighted by atomic mass is 35.5. The van der Waals surface area contributed by atoms with Gasteiger partial charge in [0.1, 0.15) is 6.10 Å². The van der Waals surface area contributed by atoms with E-state index in [1.807, 2.05) is 24.3 Å². The van der Waals surface area contributed by atoms with Crippen molar-refractivity contribution >= 4 is 17.4 Å². The average molecular weight is 415 g/mol. The lowest BCUT2D eigenvalue weighted by molar-refractivity contribution is 0.148. The third-order valence-electron chi connectivity index (χ3n) is 5.38. The molecule has 2 aromatic heterocycles. The lowest BCUT2D eigenvalue weighted by atomic mass is 10.1. The van der Waals surface area contributed by atoms with Gasteiger partial charge in [-0.3, -0.25) is 13.8 Å². The van der Waals surface area contributed by atoms with Crippen molar-refractivity contribution < 1.29 is 4.74 Å². The van der Waals surface area contributed by atoms with Crippen LogP contribution < -0.4 is 15.6 Å². The van der Waals surface area contributed by atoms with E-state index in [4.69, 9.17) is 21.3 Å². The summed E-state index contributed by atoms with van der Waals surface area (Å²) >= 11 is 6.01. The summed E-state index contributed by atoms with van der Waals surface area (Å²) in [6.07, 6.45) is 7.08. The Balaban J connectivity index is 1.76. The average Bonchev–Trinajstić information content (AvgIpc) is 3.18. The van der Waals surface area contributed by atoms with Gasteiger partial charge in [0.25, 0.3) is 5.56 Å². The van der Waals surface area contributed by atoms with E-state index >= 15 is 0 Å². The zero-order valence-corrected chi connectivity index (χ0v) is 17.5. The third kappa shape index (κ3) is 4.49. The van der Waals surface area contributed by atoms with E-state index in [1.54, 1.807) is 16.7 Å². The predicted molar refractivity (Wildman–Crippen MR) is 116 cm³/mol. The van der Waals surface area contributed by atoms with Gasteiger partial charge in [0.05, 0.1) is 11.8 Å². The van der Waals surface area contributed by atoms with Gasteiger partial charge < -0.3 is 10.1 Å². The van der Waals surface area contributed by atoms with E-state index in [2.05, 4.69) is 16.8 Å². The van der Waals surface area contributed by atoms with Crippen molar-refractivity contribution in [3.8, 4) is 17.1 Å². The first-order valence-corrected chi connectivity index (χ1v) is 10.8. The normalized spacial score (nSPS) is 15.1. The maximum absolute atomic E-state index is 12.8. The van der Waals surface area contributed by atoms with Gasteiger partial charge in [0, 0.05) is 23.3 Å². The number of unbranched alkanes of at least 4 members (excludes halogenated alkanes) is 2. The second kappa shape index (κ2) is 9.01. The van der Waals surface area contributed by atoms with E-state index < -0.39 is 0 Å². The number of imidazole rings is 1. The minimum atomic E-state index is -0.122. The number of nitrogens with one attached hydrogen (secondary N) is 1. The van der Waals surface area contributed by atoms with E-state index in [-0.39, 0.29) is 11.7 Å². The van der Waals surface area contributed by atoms with Gasteiger partial charge in [0.2, 0.25) is 11.7 Å². The lowest BCUT2D eigenvalue weighted by Crippen LogP contribution is -2.35. The van der Waals surface area contributed by atoms with E-state index in [9.17, 15) is 4.79 Å². The highest BCUT2D eigenvalue weighted by Crippen LogP contribution is 2.24. The standard InChI is InChI=1S/C22H27ClN4O2/c1-2-3-4-13-26-21(29-18-9-11-24-12-10-18)14-20(28)27-15-19(25-22(26)27)16-5-7-17(23)8-6-16/h5-8,14-15,18,24H,2-4,9-13H2,1H3. The van der Waals surface area contributed by atoms with Crippen LogP contribution in [-0.4, -0.2) is 33.1 Å². The topological polar surface area (TPSA) is 60.6 Å². The first-order chi connectivity index (χ1) is 14.2. The van der Waals surface area contributed by atoms with Crippen molar-refractivity contribution in [1.29, 1.82) is 0 Å². The fraction of sp³-hybridized carbons (Fsp3) is 0.455. The van der Waals surface area contributed by atoms with Gasteiger partial charge in [-0.15, -0.1) is 0 Å². The number of aromatic nitrogens is 3. The Labute approximate surface area is 175 Å². The maximum Gasteiger partial charge on any atom is 0.262 e. The van der Waals surface area contributed by atoms with Gasteiger partial charge in [-0.2, -0.15) is 0 Å². The fourth-order valence-electron chi connectivity index (χ4n) is 3.75. The molecule has 0 unspecified atom stereocenters. The molecular weight excluding hydrogens is 388 g/mol. The molecular formula is C22H27ClN4O2. The Hall–Kier alpha value is -2.31. The van der Waals surface area contributed by atoms with Crippen molar-refractivity contribution in [2.45, 2.75) is 51.7 Å². The Bertz CT molecular complexity index is 1020. The summed E-state index contributed by atoms with van der Waals surface area (Å²) in [5.41, 5.74) is 1.56. The SMILES string of the molecule is CCCCCn1c(OC2CCNCC2)cc(=O)n2cc(-c3ccc(Cl)cc3)nc12. The number of benzene rings is 1. The molecule has 1 aliphatic rings. The Morgan fingerprint density at radius 1 is 1.21 bits per heavy atom. The van der Waals surface area contributed by atoms with Crippen LogP contribution in [0, 0.1) is 0 Å². The third-order valence-corrected chi connectivity index (χ3v) is 5.63. The number of hydrogen-bond donors (Lipinski definition) is 1. The summed E-state index contributed by atoms with van der Waals surface area (Å²) in [7, 11) is 0. The first-order valence-electron chi connectivity index (χ1n) is 10.4. The van der Waals surface area contributed by atoms with E-state index in [1.165, 1.54) is 0 Å². The van der Waals surface area contributed by atoms with Crippen molar-refractivity contribution in [2.75, 3.05) is 13.1 Å². The minimum Gasteiger partial charge on any atom is -0.475 e. The molecule has 1 aliphatic heterocycles. The van der Waals surface area contributed by atoms with Crippen LogP contribution in [0.2, 0.25) is 5.02 Å². The van der Waals surface area contributed by atoms with E-state index in [0.29, 0.717) is 16.7 Å². The molecule has 0 spiro atoms. The number of rotatable bonds is 7. The van der Waals surface area contributed by atoms with Crippen LogP contribution in [-0.2, 0) is 6.54 Å². The van der Waals surface area contributed by atoms with Crippen LogP contribution in [0.1, 0.15) is 39.0 Å². The number of nitrogens with zero attached hydrogens (tertiary/aromatic N) is 3. The summed E-state index contributed by atoms with van der Waals surface area (Å²) in [6, 6.07) is 9.11. The molecule has 1 N–H and O–H groups in total. The number of aryl methyl sites for hydroxylation is 1. The van der Waals surface area contributed by atoms with E-state index in [0.717, 1.165) is 63.0 Å². The zero-order valence-electron chi connectivity index (χ0n) is 16.7. The highest BCUT2D eigenvalue weighted by Gasteiger charge is 2.19. The molecule has 1 aromatic carbocycles. The van der Waals surface area contributed by atoms with Crippen molar-refractivity contribution in [3.63, 3.8) is 0 Å². The molecule has 0 aliphatic carbocycles. The molecule has 1 fully saturated rings. The summed E-state index contributed by atoms with van der Waals surface area (Å²) < 4.78 is 9.96. The first kappa shape index (κ1) is 20.0. The fourth-order valence-corrected chi connectivity index (χ4v) is 3.87. The lowest BCUT2D eigenvalue weighted by Gasteiger charge is -2.25. The quantitative estimate of drug-likeness (QED) is 0.590. The number of halogens is 1. The second-order valence-electron chi connectivity index (χ2n) is 7.55. The van der Waals surface area contributed by atoms with Gasteiger partial charge in [-0.1, -0.05) is 43.5 Å². The predicted octanol–water partition coefficient (Wildman–Crippen LogP) is 4.14. The molecule has 0 amide bonds. The summed E-state index contributed by atoms with van der Waals surface area (Å²) in [6.45, 7) is 4.84. The van der Waals surface area contributed by atoms with Gasteiger partial charge >= 0.3 is 0 Å². The van der Waals surface area contributed by atoms with Crippen molar-refractivity contribution in [2.24, 2.45) is 0 Å². The highest BCUT2D eigenvalue weighted by molar-refractivity contribution is 6.30. The molecule has 29 heavy (non-hydrogen) atoms. The molecule has 0 bridgehead atoms. The van der Waals surface area contributed by atoms with Gasteiger partial charge in [-0.05, 0) is 44.5 Å². The number of hydrogen-bond acceptors (Lipinski definition) is 4. The van der Waals surface area contributed by atoms with Crippen LogP contribution in [0.5, 0.6) is 5.88 Å². The molecule has 0 saturated carbocycles. The second-order valence-corrected chi connectivity index (χ2v) is 7.99. The van der Waals surface area contributed by atoms with Gasteiger partial charge in [0.15, 0.2) is 0 Å². The van der Waals surface area contributed by atoms with Crippen LogP contribution in [0.25, 0.3) is 17.0 Å². The Morgan fingerprint density at radius 2 is 1.97 bits per heavy atom. The smallest absolute Gasteiger partial charge is 0.262 e. The zero-order chi connectivity index (χ0) is 20.2. The molecule has 0 atom stereocenters.